The van der Waals surface area contributed by atoms with Crippen molar-refractivity contribution >= 4 is 33.4 Å². The molecule has 1 aromatic rings. The van der Waals surface area contributed by atoms with Crippen LogP contribution in [0.4, 0.5) is 14.5 Å². The Morgan fingerprint density at radius 3 is 2.55 bits per heavy atom. The van der Waals surface area contributed by atoms with E-state index in [2.05, 4.69) is 21.2 Å². The summed E-state index contributed by atoms with van der Waals surface area (Å²) in [6, 6.07) is 1.13. The number of hydrogen-bond acceptors (Lipinski definition) is 3. The quantitative estimate of drug-likeness (QED) is 0.676. The molecule has 1 aromatic carbocycles. The van der Waals surface area contributed by atoms with Crippen LogP contribution < -0.4 is 5.32 Å². The second-order valence-electron chi connectivity index (χ2n) is 4.98. The molecule has 4 nitrogen and oxygen atoms in total. The van der Waals surface area contributed by atoms with Crippen molar-refractivity contribution in [2.45, 2.75) is 31.3 Å². The van der Waals surface area contributed by atoms with Gasteiger partial charge in [0.2, 0.25) is 5.91 Å². The average Bonchev–Trinajstić information content (AvgIpc) is 3.15. The van der Waals surface area contributed by atoms with Gasteiger partial charge in [0, 0.05) is 12.1 Å². The van der Waals surface area contributed by atoms with Gasteiger partial charge < -0.3 is 5.32 Å². The summed E-state index contributed by atoms with van der Waals surface area (Å²) in [5.74, 6) is -1.93. The Hall–Kier alpha value is -1.50. The van der Waals surface area contributed by atoms with Gasteiger partial charge in [-0.3, -0.25) is 14.5 Å². The fraction of sp³-hybridized carbons (Fsp3) is 0.385. The third-order valence-corrected chi connectivity index (χ3v) is 4.04. The maximum atomic E-state index is 13.7. The fourth-order valence-electron chi connectivity index (χ4n) is 2.30. The van der Waals surface area contributed by atoms with E-state index in [1.54, 1.807) is 0 Å². The molecule has 1 heterocycles. The Bertz CT molecular complexity index is 604. The predicted molar refractivity (Wildman–Crippen MR) is 71.0 cm³/mol. The molecule has 7 heteroatoms. The molecule has 2 amide bonds. The van der Waals surface area contributed by atoms with Crippen molar-refractivity contribution in [3.05, 3.63) is 28.2 Å². The van der Waals surface area contributed by atoms with Crippen molar-refractivity contribution in [2.24, 2.45) is 0 Å². The van der Waals surface area contributed by atoms with Gasteiger partial charge in [-0.15, -0.1) is 0 Å². The number of rotatable bonds is 3. The fourth-order valence-corrected chi connectivity index (χ4v) is 2.62. The van der Waals surface area contributed by atoms with Crippen LogP contribution in [0.5, 0.6) is 0 Å². The Morgan fingerprint density at radius 2 is 1.90 bits per heavy atom. The lowest BCUT2D eigenvalue weighted by Crippen LogP contribution is -2.36. The number of nitrogens with zero attached hydrogens (tertiary/aromatic N) is 1. The van der Waals surface area contributed by atoms with E-state index in [4.69, 9.17) is 0 Å². The van der Waals surface area contributed by atoms with Crippen LogP contribution in [0.3, 0.4) is 0 Å². The third-order valence-electron chi connectivity index (χ3n) is 3.43. The third kappa shape index (κ3) is 2.30. The van der Waals surface area contributed by atoms with Gasteiger partial charge in [-0.25, -0.2) is 8.78 Å². The van der Waals surface area contributed by atoms with Crippen LogP contribution in [0.1, 0.15) is 19.3 Å². The largest absolute Gasteiger partial charge is 0.371 e. The van der Waals surface area contributed by atoms with Gasteiger partial charge in [0.05, 0.1) is 16.6 Å². The van der Waals surface area contributed by atoms with Crippen molar-refractivity contribution < 1.29 is 18.4 Å². The first-order valence-electron chi connectivity index (χ1n) is 6.24. The summed E-state index contributed by atoms with van der Waals surface area (Å²) in [7, 11) is 0. The van der Waals surface area contributed by atoms with Crippen LogP contribution in [0.2, 0.25) is 0 Å². The number of carbonyl (C=O) groups excluding carboxylic acids is 2. The minimum Gasteiger partial charge on any atom is -0.371 e. The molecule has 1 aliphatic heterocycles. The van der Waals surface area contributed by atoms with Crippen LogP contribution in [0, 0.1) is 11.6 Å². The van der Waals surface area contributed by atoms with Crippen LogP contribution in [-0.4, -0.2) is 28.8 Å². The van der Waals surface area contributed by atoms with E-state index in [0.29, 0.717) is 0 Å². The standard InChI is InChI=1S/C13H11BrF2N2O2/c14-7-3-9(16)10(4-8(7)15)17-11-5-12(19)18(13(11)20)6-1-2-6/h3-4,6,11,17H,1-2,5H2. The molecule has 0 aromatic heterocycles. The normalized spacial score (nSPS) is 22.6. The van der Waals surface area contributed by atoms with Crippen LogP contribution in [-0.2, 0) is 9.59 Å². The number of nitrogens with one attached hydrogen (secondary N) is 1. The number of anilines is 1. The number of imide groups is 1. The summed E-state index contributed by atoms with van der Waals surface area (Å²) < 4.78 is 27.1. The number of hydrogen-bond donors (Lipinski definition) is 1. The minimum absolute atomic E-state index is 0.00620. The molecule has 106 valence electrons. The molecule has 0 bridgehead atoms. The Labute approximate surface area is 122 Å². The number of halogens is 3. The van der Waals surface area contributed by atoms with Crippen molar-refractivity contribution in [3.63, 3.8) is 0 Å². The summed E-state index contributed by atoms with van der Waals surface area (Å²) in [6.45, 7) is 0. The lowest BCUT2D eigenvalue weighted by atomic mass is 10.2. The molecule has 0 spiro atoms. The van der Waals surface area contributed by atoms with Gasteiger partial charge in [0.25, 0.3) is 5.91 Å². The van der Waals surface area contributed by atoms with E-state index in [9.17, 15) is 18.4 Å². The molecular formula is C13H11BrF2N2O2. The zero-order chi connectivity index (χ0) is 14.4. The molecular weight excluding hydrogens is 334 g/mol. The number of amides is 2. The lowest BCUT2D eigenvalue weighted by molar-refractivity contribution is -0.139. The molecule has 2 aliphatic rings. The molecule has 1 saturated heterocycles. The first kappa shape index (κ1) is 13.5. The van der Waals surface area contributed by atoms with Gasteiger partial charge in [0.15, 0.2) is 0 Å². The first-order chi connectivity index (χ1) is 9.47. The van der Waals surface area contributed by atoms with Gasteiger partial charge in [0.1, 0.15) is 17.7 Å². The van der Waals surface area contributed by atoms with Gasteiger partial charge in [-0.1, -0.05) is 0 Å². The Balaban J connectivity index is 1.80. The molecule has 2 fully saturated rings. The average molecular weight is 345 g/mol. The maximum Gasteiger partial charge on any atom is 0.252 e. The maximum absolute atomic E-state index is 13.7. The molecule has 1 saturated carbocycles. The molecule has 0 radical (unpaired) electrons. The summed E-state index contributed by atoms with van der Waals surface area (Å²) in [5, 5.41) is 2.62. The monoisotopic (exact) mass is 344 g/mol. The van der Waals surface area contributed by atoms with Crippen molar-refractivity contribution in [1.82, 2.24) is 4.90 Å². The zero-order valence-corrected chi connectivity index (χ0v) is 11.9. The second-order valence-corrected chi connectivity index (χ2v) is 5.83. The zero-order valence-electron chi connectivity index (χ0n) is 10.3. The predicted octanol–water partition coefficient (Wildman–Crippen LogP) is 2.43. The summed E-state index contributed by atoms with van der Waals surface area (Å²) in [4.78, 5) is 25.1. The highest BCUT2D eigenvalue weighted by molar-refractivity contribution is 9.10. The molecule has 1 unspecified atom stereocenters. The Kier molecular flexibility index (Phi) is 3.24. The first-order valence-corrected chi connectivity index (χ1v) is 7.03. The summed E-state index contributed by atoms with van der Waals surface area (Å²) >= 11 is 2.88. The highest BCUT2D eigenvalue weighted by atomic mass is 79.9. The van der Waals surface area contributed by atoms with Crippen molar-refractivity contribution in [3.8, 4) is 0 Å². The molecule has 1 aliphatic carbocycles. The van der Waals surface area contributed by atoms with E-state index in [-0.39, 0.29) is 34.4 Å². The van der Waals surface area contributed by atoms with Gasteiger partial charge >= 0.3 is 0 Å². The van der Waals surface area contributed by atoms with Crippen molar-refractivity contribution in [2.75, 3.05) is 5.32 Å². The van der Waals surface area contributed by atoms with E-state index >= 15 is 0 Å². The number of carbonyl (C=O) groups is 2. The molecule has 20 heavy (non-hydrogen) atoms. The highest BCUT2D eigenvalue weighted by Gasteiger charge is 2.46. The minimum atomic E-state index is -0.821. The SMILES string of the molecule is O=C1CC(Nc2cc(F)c(Br)cc2F)C(=O)N1C1CC1. The second kappa shape index (κ2) is 4.80. The number of benzene rings is 1. The molecule has 1 atom stereocenters. The highest BCUT2D eigenvalue weighted by Crippen LogP contribution is 2.33. The topological polar surface area (TPSA) is 49.4 Å². The van der Waals surface area contributed by atoms with E-state index in [1.165, 1.54) is 4.90 Å². The summed E-state index contributed by atoms with van der Waals surface area (Å²) in [5.41, 5.74) is -0.116. The Morgan fingerprint density at radius 1 is 1.20 bits per heavy atom. The van der Waals surface area contributed by atoms with Crippen LogP contribution in [0.15, 0.2) is 16.6 Å². The molecule has 3 rings (SSSR count). The van der Waals surface area contributed by atoms with Gasteiger partial charge in [-0.2, -0.15) is 0 Å². The summed E-state index contributed by atoms with van der Waals surface area (Å²) in [6.07, 6.45) is 1.63. The van der Waals surface area contributed by atoms with E-state index in [0.717, 1.165) is 25.0 Å². The lowest BCUT2D eigenvalue weighted by Gasteiger charge is -2.15. The molecule has 1 N–H and O–H groups in total. The smallest absolute Gasteiger partial charge is 0.252 e. The number of likely N-dealkylation sites (tertiary alicyclic amines) is 1. The van der Waals surface area contributed by atoms with E-state index < -0.39 is 17.7 Å². The van der Waals surface area contributed by atoms with Crippen LogP contribution >= 0.6 is 15.9 Å². The van der Waals surface area contributed by atoms with Crippen molar-refractivity contribution in [1.29, 1.82) is 0 Å². The van der Waals surface area contributed by atoms with E-state index in [1.807, 2.05) is 0 Å². The van der Waals surface area contributed by atoms with Crippen LogP contribution in [0.25, 0.3) is 0 Å². The van der Waals surface area contributed by atoms with Gasteiger partial charge in [-0.05, 0) is 34.8 Å².